The SMILES string of the molecule is COC(=O)C1=C(C)N=c2s/c(=C/c3ccccc3F)c(=O)n2[C@H]1c1cccs1. The van der Waals surface area contributed by atoms with Crippen molar-refractivity contribution in [2.24, 2.45) is 4.99 Å². The summed E-state index contributed by atoms with van der Waals surface area (Å²) in [4.78, 5) is 31.4. The summed E-state index contributed by atoms with van der Waals surface area (Å²) in [6, 6.07) is 9.36. The van der Waals surface area contributed by atoms with Gasteiger partial charge in [0.05, 0.1) is 22.9 Å². The van der Waals surface area contributed by atoms with Gasteiger partial charge >= 0.3 is 5.97 Å². The number of allylic oxidation sites excluding steroid dienone is 1. The molecule has 3 aromatic rings. The molecule has 1 aliphatic rings. The van der Waals surface area contributed by atoms with Crippen molar-refractivity contribution in [3.8, 4) is 0 Å². The quantitative estimate of drug-likeness (QED) is 0.619. The molecule has 0 radical (unpaired) electrons. The number of carbonyl (C=O) groups excluding carboxylic acids is 1. The Kier molecular flexibility index (Phi) is 4.82. The number of hydrogen-bond donors (Lipinski definition) is 0. The summed E-state index contributed by atoms with van der Waals surface area (Å²) < 4.78 is 20.8. The minimum atomic E-state index is -0.619. The molecule has 0 aliphatic carbocycles. The zero-order chi connectivity index (χ0) is 19.8. The van der Waals surface area contributed by atoms with E-state index in [0.717, 1.165) is 4.88 Å². The standard InChI is InChI=1S/C20H15FN2O3S2/c1-11-16(19(25)26-2)17(14-8-5-9-27-14)23-18(24)15(28-20(23)22-11)10-12-6-3-4-7-13(12)21/h3-10,17H,1-2H3/b15-10+/t17-/m0/s1. The van der Waals surface area contributed by atoms with Gasteiger partial charge in [0.1, 0.15) is 11.9 Å². The fraction of sp³-hybridized carbons (Fsp3) is 0.150. The monoisotopic (exact) mass is 414 g/mol. The first-order valence-corrected chi connectivity index (χ1v) is 10.1. The largest absolute Gasteiger partial charge is 0.466 e. The molecule has 1 aromatic carbocycles. The Labute approximate surface area is 167 Å². The lowest BCUT2D eigenvalue weighted by Gasteiger charge is -2.22. The number of ether oxygens (including phenoxy) is 1. The van der Waals surface area contributed by atoms with Crippen LogP contribution in [0.4, 0.5) is 4.39 Å². The number of thiophene rings is 1. The second-order valence-corrected chi connectivity index (χ2v) is 8.10. The number of esters is 1. The summed E-state index contributed by atoms with van der Waals surface area (Å²) in [5.41, 5.74) is 0.836. The van der Waals surface area contributed by atoms with E-state index in [2.05, 4.69) is 4.99 Å². The molecular weight excluding hydrogens is 399 g/mol. The van der Waals surface area contributed by atoms with E-state index in [1.165, 1.54) is 46.5 Å². The zero-order valence-electron chi connectivity index (χ0n) is 15.0. The molecule has 0 unspecified atom stereocenters. The van der Waals surface area contributed by atoms with Crippen LogP contribution in [0.1, 0.15) is 23.4 Å². The fourth-order valence-corrected chi connectivity index (χ4v) is 5.00. The number of thiazole rings is 1. The molecule has 0 fully saturated rings. The van der Waals surface area contributed by atoms with Gasteiger partial charge in [0.15, 0.2) is 4.80 Å². The topological polar surface area (TPSA) is 60.7 Å². The van der Waals surface area contributed by atoms with Crippen LogP contribution in [-0.4, -0.2) is 17.6 Å². The average Bonchev–Trinajstić information content (AvgIpc) is 3.31. The predicted octanol–water partition coefficient (Wildman–Crippen LogP) is 2.61. The Hall–Kier alpha value is -2.84. The van der Waals surface area contributed by atoms with Crippen molar-refractivity contribution in [3.63, 3.8) is 0 Å². The van der Waals surface area contributed by atoms with Gasteiger partial charge < -0.3 is 4.74 Å². The molecule has 8 heteroatoms. The number of rotatable bonds is 3. The molecule has 0 saturated heterocycles. The maximum Gasteiger partial charge on any atom is 0.338 e. The lowest BCUT2D eigenvalue weighted by Crippen LogP contribution is -2.39. The molecule has 0 N–H and O–H groups in total. The number of fused-ring (bicyclic) bond motifs is 1. The van der Waals surface area contributed by atoms with Gasteiger partial charge in [-0.25, -0.2) is 14.2 Å². The summed E-state index contributed by atoms with van der Waals surface area (Å²) in [6.45, 7) is 1.72. The van der Waals surface area contributed by atoms with E-state index in [1.807, 2.05) is 17.5 Å². The highest BCUT2D eigenvalue weighted by Gasteiger charge is 2.33. The Balaban J connectivity index is 1.99. The average molecular weight is 414 g/mol. The Morgan fingerprint density at radius 2 is 2.07 bits per heavy atom. The van der Waals surface area contributed by atoms with E-state index in [9.17, 15) is 14.0 Å². The van der Waals surface area contributed by atoms with Gasteiger partial charge in [0, 0.05) is 10.4 Å². The van der Waals surface area contributed by atoms with Crippen LogP contribution >= 0.6 is 22.7 Å². The molecule has 1 aliphatic heterocycles. The second-order valence-electron chi connectivity index (χ2n) is 6.11. The van der Waals surface area contributed by atoms with Crippen LogP contribution in [0.2, 0.25) is 0 Å². The maximum absolute atomic E-state index is 14.0. The van der Waals surface area contributed by atoms with Crippen molar-refractivity contribution >= 4 is 34.7 Å². The lowest BCUT2D eigenvalue weighted by molar-refractivity contribution is -0.136. The Morgan fingerprint density at radius 3 is 2.75 bits per heavy atom. The summed E-state index contributed by atoms with van der Waals surface area (Å²) in [6.07, 6.45) is 1.52. The lowest BCUT2D eigenvalue weighted by atomic mass is 10.0. The number of aromatic nitrogens is 1. The van der Waals surface area contributed by atoms with Crippen molar-refractivity contribution in [1.82, 2.24) is 4.57 Å². The number of methoxy groups -OCH3 is 1. The zero-order valence-corrected chi connectivity index (χ0v) is 16.6. The molecular formula is C20H15FN2O3S2. The number of benzene rings is 1. The van der Waals surface area contributed by atoms with Gasteiger partial charge in [-0.05, 0) is 30.5 Å². The van der Waals surface area contributed by atoms with E-state index in [-0.39, 0.29) is 5.56 Å². The maximum atomic E-state index is 14.0. The number of hydrogen-bond acceptors (Lipinski definition) is 6. The van der Waals surface area contributed by atoms with Gasteiger partial charge in [-0.3, -0.25) is 9.36 Å². The Bertz CT molecular complexity index is 1270. The van der Waals surface area contributed by atoms with Gasteiger partial charge in [-0.2, -0.15) is 0 Å². The first kappa shape index (κ1) is 18.5. The molecule has 28 heavy (non-hydrogen) atoms. The van der Waals surface area contributed by atoms with Crippen molar-refractivity contribution < 1.29 is 13.9 Å². The molecule has 5 nitrogen and oxygen atoms in total. The molecule has 4 rings (SSSR count). The van der Waals surface area contributed by atoms with Crippen LogP contribution in [0.15, 0.2) is 62.8 Å². The summed E-state index contributed by atoms with van der Waals surface area (Å²) in [5, 5.41) is 1.88. The first-order valence-electron chi connectivity index (χ1n) is 8.40. The van der Waals surface area contributed by atoms with Crippen LogP contribution in [0.3, 0.4) is 0 Å². The van der Waals surface area contributed by atoms with Crippen molar-refractivity contribution in [3.05, 3.63) is 89.0 Å². The highest BCUT2D eigenvalue weighted by atomic mass is 32.1. The molecule has 3 heterocycles. The van der Waals surface area contributed by atoms with Crippen molar-refractivity contribution in [2.75, 3.05) is 7.11 Å². The number of halogens is 1. The molecule has 0 amide bonds. The van der Waals surface area contributed by atoms with Crippen LogP contribution in [0.5, 0.6) is 0 Å². The highest BCUT2D eigenvalue weighted by Crippen LogP contribution is 2.32. The third-order valence-electron chi connectivity index (χ3n) is 4.43. The van der Waals surface area contributed by atoms with Crippen LogP contribution < -0.4 is 14.9 Å². The van der Waals surface area contributed by atoms with E-state index in [4.69, 9.17) is 4.74 Å². The third kappa shape index (κ3) is 3.04. The summed E-state index contributed by atoms with van der Waals surface area (Å²) >= 11 is 2.61. The minimum absolute atomic E-state index is 0.320. The molecule has 0 bridgehead atoms. The molecule has 0 spiro atoms. The fourth-order valence-electron chi connectivity index (χ4n) is 3.14. The molecule has 142 valence electrons. The molecule has 1 atom stereocenters. The number of carbonyl (C=O) groups is 1. The van der Waals surface area contributed by atoms with E-state index >= 15 is 0 Å². The van der Waals surface area contributed by atoms with Gasteiger partial charge in [-0.15, -0.1) is 11.3 Å². The van der Waals surface area contributed by atoms with E-state index in [0.29, 0.717) is 26.2 Å². The smallest absolute Gasteiger partial charge is 0.338 e. The van der Waals surface area contributed by atoms with Gasteiger partial charge in [-0.1, -0.05) is 35.6 Å². The van der Waals surface area contributed by atoms with Crippen LogP contribution in [0, 0.1) is 5.82 Å². The van der Waals surface area contributed by atoms with Gasteiger partial charge in [0.25, 0.3) is 5.56 Å². The van der Waals surface area contributed by atoms with E-state index in [1.54, 1.807) is 25.1 Å². The Morgan fingerprint density at radius 1 is 1.29 bits per heavy atom. The number of nitrogens with zero attached hydrogens (tertiary/aromatic N) is 2. The minimum Gasteiger partial charge on any atom is -0.466 e. The third-order valence-corrected chi connectivity index (χ3v) is 6.34. The molecule has 0 saturated carbocycles. The van der Waals surface area contributed by atoms with Crippen molar-refractivity contribution in [1.29, 1.82) is 0 Å². The van der Waals surface area contributed by atoms with Crippen LogP contribution in [0.25, 0.3) is 6.08 Å². The highest BCUT2D eigenvalue weighted by molar-refractivity contribution is 7.10. The first-order chi connectivity index (χ1) is 13.5. The summed E-state index contributed by atoms with van der Waals surface area (Å²) in [5.74, 6) is -0.933. The second kappa shape index (κ2) is 7.29. The predicted molar refractivity (Wildman–Crippen MR) is 107 cm³/mol. The molecule has 2 aromatic heterocycles. The normalized spacial score (nSPS) is 16.7. The van der Waals surface area contributed by atoms with Crippen molar-refractivity contribution in [2.45, 2.75) is 13.0 Å². The van der Waals surface area contributed by atoms with E-state index < -0.39 is 17.8 Å². The van der Waals surface area contributed by atoms with Gasteiger partial charge in [0.2, 0.25) is 0 Å². The summed E-state index contributed by atoms with van der Waals surface area (Å²) in [7, 11) is 1.30. The van der Waals surface area contributed by atoms with Crippen LogP contribution in [-0.2, 0) is 9.53 Å².